The SMILES string of the molecule is CCOC(=O)[C@@H](C)Oc1ccc2c(-c3ccc(OC)cc3)cc(=O)oc2c1C. The van der Waals surface area contributed by atoms with E-state index in [4.69, 9.17) is 18.6 Å². The maximum Gasteiger partial charge on any atom is 0.347 e. The molecule has 1 heterocycles. The van der Waals surface area contributed by atoms with Crippen molar-refractivity contribution in [3.05, 3.63) is 58.4 Å². The van der Waals surface area contributed by atoms with Gasteiger partial charge in [0.15, 0.2) is 6.10 Å². The van der Waals surface area contributed by atoms with E-state index in [1.54, 1.807) is 33.9 Å². The van der Waals surface area contributed by atoms with Crippen LogP contribution in [0.3, 0.4) is 0 Å². The Kier molecular flexibility index (Phi) is 5.68. The van der Waals surface area contributed by atoms with Crippen LogP contribution in [0.4, 0.5) is 0 Å². The summed E-state index contributed by atoms with van der Waals surface area (Å²) in [6, 6.07) is 12.5. The Hall–Kier alpha value is -3.28. The number of hydrogen-bond donors (Lipinski definition) is 0. The number of methoxy groups -OCH3 is 1. The minimum absolute atomic E-state index is 0.281. The van der Waals surface area contributed by atoms with Crippen LogP contribution in [0.5, 0.6) is 11.5 Å². The molecule has 3 aromatic rings. The second-order valence-electron chi connectivity index (χ2n) is 6.29. The van der Waals surface area contributed by atoms with Crippen molar-refractivity contribution < 1.29 is 23.4 Å². The molecule has 0 aliphatic carbocycles. The number of carbonyl (C=O) groups is 1. The maximum atomic E-state index is 12.2. The Labute approximate surface area is 162 Å². The summed E-state index contributed by atoms with van der Waals surface area (Å²) in [6.07, 6.45) is -0.771. The van der Waals surface area contributed by atoms with Gasteiger partial charge in [0.25, 0.3) is 0 Å². The second-order valence-corrected chi connectivity index (χ2v) is 6.29. The first-order chi connectivity index (χ1) is 13.4. The van der Waals surface area contributed by atoms with Gasteiger partial charge in [-0.15, -0.1) is 0 Å². The van der Waals surface area contributed by atoms with E-state index in [1.807, 2.05) is 30.3 Å². The number of carbonyl (C=O) groups excluding carboxylic acids is 1. The molecule has 0 fully saturated rings. The van der Waals surface area contributed by atoms with Crippen LogP contribution in [0.15, 0.2) is 51.7 Å². The van der Waals surface area contributed by atoms with E-state index >= 15 is 0 Å². The van der Waals surface area contributed by atoms with Crippen LogP contribution >= 0.6 is 0 Å². The monoisotopic (exact) mass is 382 g/mol. The summed E-state index contributed by atoms with van der Waals surface area (Å²) in [5.74, 6) is 0.745. The van der Waals surface area contributed by atoms with Crippen molar-refractivity contribution in [3.8, 4) is 22.6 Å². The average Bonchev–Trinajstić information content (AvgIpc) is 2.70. The first-order valence-electron chi connectivity index (χ1n) is 8.99. The number of benzene rings is 2. The predicted molar refractivity (Wildman–Crippen MR) is 106 cm³/mol. The maximum absolute atomic E-state index is 12.2. The third-order valence-corrected chi connectivity index (χ3v) is 4.43. The van der Waals surface area contributed by atoms with E-state index in [9.17, 15) is 9.59 Å². The normalized spacial score (nSPS) is 11.9. The van der Waals surface area contributed by atoms with Crippen molar-refractivity contribution in [2.75, 3.05) is 13.7 Å². The Bertz CT molecular complexity index is 1050. The number of hydrogen-bond acceptors (Lipinski definition) is 6. The van der Waals surface area contributed by atoms with Crippen molar-refractivity contribution in [2.24, 2.45) is 0 Å². The van der Waals surface area contributed by atoms with Gasteiger partial charge in [-0.05, 0) is 56.2 Å². The summed E-state index contributed by atoms with van der Waals surface area (Å²) in [5.41, 5.74) is 2.22. The lowest BCUT2D eigenvalue weighted by Crippen LogP contribution is -2.26. The fraction of sp³-hybridized carbons (Fsp3) is 0.273. The summed E-state index contributed by atoms with van der Waals surface area (Å²) < 4.78 is 21.3. The van der Waals surface area contributed by atoms with Crippen LogP contribution in [-0.4, -0.2) is 25.8 Å². The minimum atomic E-state index is -0.771. The standard InChI is InChI=1S/C22H22O6/c1-5-26-22(24)14(3)27-19-11-10-17-18(12-20(23)28-21(17)13(19)2)15-6-8-16(25-4)9-7-15/h6-12,14H,5H2,1-4H3/t14-/m1/s1. The van der Waals surface area contributed by atoms with Crippen molar-refractivity contribution in [2.45, 2.75) is 26.9 Å². The Morgan fingerprint density at radius 2 is 1.86 bits per heavy atom. The van der Waals surface area contributed by atoms with Gasteiger partial charge in [-0.25, -0.2) is 9.59 Å². The number of fused-ring (bicyclic) bond motifs is 1. The van der Waals surface area contributed by atoms with Crippen molar-refractivity contribution in [1.29, 1.82) is 0 Å². The van der Waals surface area contributed by atoms with Crippen molar-refractivity contribution >= 4 is 16.9 Å². The van der Waals surface area contributed by atoms with Gasteiger partial charge in [-0.1, -0.05) is 12.1 Å². The molecule has 0 saturated heterocycles. The zero-order valence-electron chi connectivity index (χ0n) is 16.3. The Balaban J connectivity index is 2.06. The van der Waals surface area contributed by atoms with Crippen molar-refractivity contribution in [3.63, 3.8) is 0 Å². The number of ether oxygens (including phenoxy) is 3. The Morgan fingerprint density at radius 3 is 2.50 bits per heavy atom. The van der Waals surface area contributed by atoms with Gasteiger partial charge >= 0.3 is 11.6 Å². The van der Waals surface area contributed by atoms with Gasteiger partial charge < -0.3 is 18.6 Å². The number of rotatable bonds is 6. The molecule has 0 aliphatic heterocycles. The lowest BCUT2D eigenvalue weighted by Gasteiger charge is -2.16. The molecular weight excluding hydrogens is 360 g/mol. The average molecular weight is 382 g/mol. The van der Waals surface area contributed by atoms with E-state index in [0.29, 0.717) is 16.9 Å². The molecule has 0 unspecified atom stereocenters. The highest BCUT2D eigenvalue weighted by Gasteiger charge is 2.19. The molecule has 146 valence electrons. The molecule has 1 atom stereocenters. The van der Waals surface area contributed by atoms with Crippen LogP contribution in [0.1, 0.15) is 19.4 Å². The molecule has 6 nitrogen and oxygen atoms in total. The fourth-order valence-electron chi connectivity index (χ4n) is 2.98. The summed E-state index contributed by atoms with van der Waals surface area (Å²) in [5, 5.41) is 0.776. The molecule has 0 bridgehead atoms. The van der Waals surface area contributed by atoms with E-state index in [-0.39, 0.29) is 6.61 Å². The topological polar surface area (TPSA) is 75.0 Å². The van der Waals surface area contributed by atoms with Crippen LogP contribution < -0.4 is 15.1 Å². The van der Waals surface area contributed by atoms with Gasteiger partial charge in [0, 0.05) is 17.0 Å². The smallest absolute Gasteiger partial charge is 0.347 e. The zero-order valence-corrected chi connectivity index (χ0v) is 16.3. The number of aryl methyl sites for hydroxylation is 1. The quantitative estimate of drug-likeness (QED) is 0.472. The van der Waals surface area contributed by atoms with Crippen LogP contribution in [-0.2, 0) is 9.53 Å². The molecule has 3 rings (SSSR count). The molecule has 0 saturated carbocycles. The zero-order chi connectivity index (χ0) is 20.3. The summed E-state index contributed by atoms with van der Waals surface area (Å²) in [6.45, 7) is 5.42. The molecule has 0 amide bonds. The molecule has 1 aromatic heterocycles. The fourth-order valence-corrected chi connectivity index (χ4v) is 2.98. The highest BCUT2D eigenvalue weighted by molar-refractivity contribution is 5.95. The summed E-state index contributed by atoms with van der Waals surface area (Å²) >= 11 is 0. The number of esters is 1. The molecule has 0 N–H and O–H groups in total. The lowest BCUT2D eigenvalue weighted by atomic mass is 10.00. The van der Waals surface area contributed by atoms with Gasteiger partial charge in [-0.3, -0.25) is 0 Å². The molecule has 0 aliphatic rings. The first-order valence-corrected chi connectivity index (χ1v) is 8.99. The van der Waals surface area contributed by atoms with E-state index in [2.05, 4.69) is 0 Å². The van der Waals surface area contributed by atoms with Crippen LogP contribution in [0, 0.1) is 6.92 Å². The lowest BCUT2D eigenvalue weighted by molar-refractivity contribution is -0.150. The van der Waals surface area contributed by atoms with Gasteiger partial charge in [-0.2, -0.15) is 0 Å². The van der Waals surface area contributed by atoms with Gasteiger partial charge in [0.1, 0.15) is 17.1 Å². The summed E-state index contributed by atoms with van der Waals surface area (Å²) in [7, 11) is 1.60. The van der Waals surface area contributed by atoms with E-state index < -0.39 is 17.7 Å². The Morgan fingerprint density at radius 1 is 1.14 bits per heavy atom. The molecule has 6 heteroatoms. The minimum Gasteiger partial charge on any atom is -0.497 e. The highest BCUT2D eigenvalue weighted by atomic mass is 16.6. The van der Waals surface area contributed by atoms with E-state index in [1.165, 1.54) is 6.07 Å². The highest BCUT2D eigenvalue weighted by Crippen LogP contribution is 2.34. The summed E-state index contributed by atoms with van der Waals surface area (Å²) in [4.78, 5) is 24.0. The largest absolute Gasteiger partial charge is 0.497 e. The van der Waals surface area contributed by atoms with Crippen molar-refractivity contribution in [1.82, 2.24) is 0 Å². The first kappa shape index (κ1) is 19.5. The van der Waals surface area contributed by atoms with E-state index in [0.717, 1.165) is 22.3 Å². The van der Waals surface area contributed by atoms with Crippen LogP contribution in [0.2, 0.25) is 0 Å². The predicted octanol–water partition coefficient (Wildman–Crippen LogP) is 4.11. The molecule has 2 aromatic carbocycles. The molecule has 0 radical (unpaired) electrons. The molecular formula is C22H22O6. The molecule has 0 spiro atoms. The van der Waals surface area contributed by atoms with Gasteiger partial charge in [0.05, 0.1) is 13.7 Å². The second kappa shape index (κ2) is 8.17. The third-order valence-electron chi connectivity index (χ3n) is 4.43. The third kappa shape index (κ3) is 3.86. The van der Waals surface area contributed by atoms with Crippen LogP contribution in [0.25, 0.3) is 22.1 Å². The van der Waals surface area contributed by atoms with Gasteiger partial charge in [0.2, 0.25) is 0 Å². The molecule has 28 heavy (non-hydrogen) atoms.